The summed E-state index contributed by atoms with van der Waals surface area (Å²) in [5.41, 5.74) is 2.97. The van der Waals surface area contributed by atoms with Crippen molar-refractivity contribution in [3.63, 3.8) is 0 Å². The van der Waals surface area contributed by atoms with Crippen molar-refractivity contribution in [2.24, 2.45) is 0 Å². The number of hydrogen-bond acceptors (Lipinski definition) is 1. The molecule has 0 radical (unpaired) electrons. The van der Waals surface area contributed by atoms with E-state index < -0.39 is 0 Å². The first-order valence-corrected chi connectivity index (χ1v) is 8.92. The van der Waals surface area contributed by atoms with E-state index in [1.165, 1.54) is 0 Å². The van der Waals surface area contributed by atoms with E-state index in [-0.39, 0.29) is 12.1 Å². The fraction of sp³-hybridized carbons (Fsp3) is 0.350. The average Bonchev–Trinajstić information content (AvgIpc) is 2.83. The first-order chi connectivity index (χ1) is 11.7. The van der Waals surface area contributed by atoms with E-state index in [4.69, 9.17) is 11.6 Å². The van der Waals surface area contributed by atoms with E-state index in [1.807, 2.05) is 60.4 Å². The van der Waals surface area contributed by atoms with Crippen LogP contribution in [0.1, 0.15) is 42.9 Å². The number of para-hydroxylation sites is 1. The Morgan fingerprint density at radius 3 is 2.62 bits per heavy atom. The van der Waals surface area contributed by atoms with Crippen molar-refractivity contribution >= 4 is 23.3 Å². The molecule has 0 spiro atoms. The van der Waals surface area contributed by atoms with Crippen LogP contribution in [-0.4, -0.2) is 17.5 Å². The highest BCUT2D eigenvalue weighted by molar-refractivity contribution is 6.31. The number of carbonyl (C=O) groups is 1. The molecule has 1 N–H and O–H groups in total. The molecule has 0 aliphatic carbocycles. The van der Waals surface area contributed by atoms with Crippen molar-refractivity contribution in [3.8, 4) is 0 Å². The standard InChI is InChI=1S/C20H23ClN2O/c1-15-9-4-7-12-18(15)22-20(24)23-14-8-2-3-13-19(23)16-10-5-6-11-17(16)21/h4-7,9-12,19H,2-3,8,13-14H2,1H3,(H,22,24)/t19-/m1/s1. The van der Waals surface area contributed by atoms with Crippen molar-refractivity contribution in [2.75, 3.05) is 11.9 Å². The largest absolute Gasteiger partial charge is 0.322 e. The van der Waals surface area contributed by atoms with Crippen LogP contribution in [0.15, 0.2) is 48.5 Å². The van der Waals surface area contributed by atoms with Crippen LogP contribution in [-0.2, 0) is 0 Å². The summed E-state index contributed by atoms with van der Waals surface area (Å²) in [4.78, 5) is 14.9. The predicted molar refractivity (Wildman–Crippen MR) is 99.6 cm³/mol. The first-order valence-electron chi connectivity index (χ1n) is 8.54. The Morgan fingerprint density at radius 1 is 1.08 bits per heavy atom. The number of benzene rings is 2. The predicted octanol–water partition coefficient (Wildman–Crippen LogP) is 5.80. The summed E-state index contributed by atoms with van der Waals surface area (Å²) in [6.07, 6.45) is 4.24. The van der Waals surface area contributed by atoms with Gasteiger partial charge in [0.1, 0.15) is 0 Å². The van der Waals surface area contributed by atoms with Crippen LogP contribution in [0, 0.1) is 6.92 Å². The zero-order valence-corrected chi connectivity index (χ0v) is 14.7. The minimum atomic E-state index is -0.0453. The van der Waals surface area contributed by atoms with Crippen LogP contribution >= 0.6 is 11.6 Å². The second-order valence-corrected chi connectivity index (χ2v) is 6.73. The maximum absolute atomic E-state index is 12.9. The third-order valence-electron chi connectivity index (χ3n) is 4.66. The third-order valence-corrected chi connectivity index (χ3v) is 5.01. The molecule has 0 unspecified atom stereocenters. The molecule has 1 saturated heterocycles. The molecule has 0 bridgehead atoms. The highest BCUT2D eigenvalue weighted by Crippen LogP contribution is 2.34. The van der Waals surface area contributed by atoms with E-state index >= 15 is 0 Å². The molecule has 3 nitrogen and oxygen atoms in total. The van der Waals surface area contributed by atoms with Gasteiger partial charge in [0.05, 0.1) is 6.04 Å². The zero-order valence-electron chi connectivity index (χ0n) is 14.0. The van der Waals surface area contributed by atoms with Crippen molar-refractivity contribution < 1.29 is 4.79 Å². The number of nitrogens with zero attached hydrogens (tertiary/aromatic N) is 1. The maximum Gasteiger partial charge on any atom is 0.322 e. The molecule has 126 valence electrons. The molecule has 1 aliphatic heterocycles. The van der Waals surface area contributed by atoms with Crippen molar-refractivity contribution in [2.45, 2.75) is 38.6 Å². The molecule has 2 aromatic rings. The molecular formula is C20H23ClN2O. The van der Waals surface area contributed by atoms with Gasteiger partial charge in [-0.3, -0.25) is 0 Å². The SMILES string of the molecule is Cc1ccccc1NC(=O)N1CCCCC[C@@H]1c1ccccc1Cl. The van der Waals surface area contributed by atoms with Crippen LogP contribution in [0.5, 0.6) is 0 Å². The Kier molecular flexibility index (Phi) is 5.41. The lowest BCUT2D eigenvalue weighted by atomic mass is 10.0. The van der Waals surface area contributed by atoms with Crippen LogP contribution in [0.3, 0.4) is 0 Å². The molecule has 1 fully saturated rings. The van der Waals surface area contributed by atoms with Gasteiger partial charge in [0.2, 0.25) is 0 Å². The lowest BCUT2D eigenvalue weighted by Gasteiger charge is -2.31. The van der Waals surface area contributed by atoms with E-state index in [0.29, 0.717) is 0 Å². The molecule has 3 rings (SSSR count). The van der Waals surface area contributed by atoms with E-state index in [0.717, 1.165) is 54.1 Å². The number of likely N-dealkylation sites (tertiary alicyclic amines) is 1. The monoisotopic (exact) mass is 342 g/mol. The number of aryl methyl sites for hydroxylation is 1. The molecule has 0 aromatic heterocycles. The van der Waals surface area contributed by atoms with Crippen molar-refractivity contribution in [3.05, 3.63) is 64.7 Å². The van der Waals surface area contributed by atoms with Crippen LogP contribution < -0.4 is 5.32 Å². The summed E-state index contributed by atoms with van der Waals surface area (Å²) in [7, 11) is 0. The number of nitrogens with one attached hydrogen (secondary N) is 1. The quantitative estimate of drug-likeness (QED) is 0.735. The van der Waals surface area contributed by atoms with Crippen LogP contribution in [0.2, 0.25) is 5.02 Å². The second-order valence-electron chi connectivity index (χ2n) is 6.33. The van der Waals surface area contributed by atoms with Gasteiger partial charge in [0.15, 0.2) is 0 Å². The molecule has 24 heavy (non-hydrogen) atoms. The van der Waals surface area contributed by atoms with E-state index in [9.17, 15) is 4.79 Å². The number of rotatable bonds is 2. The second kappa shape index (κ2) is 7.71. The summed E-state index contributed by atoms with van der Waals surface area (Å²) in [6.45, 7) is 2.76. The van der Waals surface area contributed by atoms with Gasteiger partial charge in [-0.1, -0.05) is 60.8 Å². The van der Waals surface area contributed by atoms with Gasteiger partial charge < -0.3 is 10.2 Å². The number of hydrogen-bond donors (Lipinski definition) is 1. The van der Waals surface area contributed by atoms with Crippen LogP contribution in [0.25, 0.3) is 0 Å². The average molecular weight is 343 g/mol. The van der Waals surface area contributed by atoms with Gasteiger partial charge in [-0.15, -0.1) is 0 Å². The Morgan fingerprint density at radius 2 is 1.83 bits per heavy atom. The molecule has 2 aromatic carbocycles. The zero-order chi connectivity index (χ0) is 16.9. The minimum Gasteiger partial charge on any atom is -0.317 e. The normalized spacial score (nSPS) is 18.1. The first kappa shape index (κ1) is 16.8. The maximum atomic E-state index is 12.9. The number of amides is 2. The lowest BCUT2D eigenvalue weighted by Crippen LogP contribution is -2.38. The Bertz CT molecular complexity index is 716. The third kappa shape index (κ3) is 3.73. The van der Waals surface area contributed by atoms with Gasteiger partial charge in [-0.25, -0.2) is 4.79 Å². The molecule has 2 amide bonds. The lowest BCUT2D eigenvalue weighted by molar-refractivity contribution is 0.189. The molecule has 1 heterocycles. The molecule has 1 atom stereocenters. The molecular weight excluding hydrogens is 320 g/mol. The molecule has 4 heteroatoms. The summed E-state index contributed by atoms with van der Waals surface area (Å²) in [5, 5.41) is 3.81. The van der Waals surface area contributed by atoms with E-state index in [2.05, 4.69) is 5.32 Å². The summed E-state index contributed by atoms with van der Waals surface area (Å²) < 4.78 is 0. The van der Waals surface area contributed by atoms with Gasteiger partial charge in [-0.2, -0.15) is 0 Å². The highest BCUT2D eigenvalue weighted by Gasteiger charge is 2.28. The molecule has 1 aliphatic rings. The van der Waals surface area contributed by atoms with Crippen LogP contribution in [0.4, 0.5) is 10.5 Å². The topological polar surface area (TPSA) is 32.3 Å². The number of halogens is 1. The fourth-order valence-corrected chi connectivity index (χ4v) is 3.58. The summed E-state index contributed by atoms with van der Waals surface area (Å²) >= 11 is 6.41. The summed E-state index contributed by atoms with van der Waals surface area (Å²) in [5.74, 6) is 0. The van der Waals surface area contributed by atoms with Gasteiger partial charge in [-0.05, 0) is 43.0 Å². The Hall–Kier alpha value is -2.00. The van der Waals surface area contributed by atoms with E-state index in [1.54, 1.807) is 0 Å². The van der Waals surface area contributed by atoms with Gasteiger partial charge in [0, 0.05) is 17.3 Å². The summed E-state index contributed by atoms with van der Waals surface area (Å²) in [6, 6.07) is 15.7. The molecule has 0 saturated carbocycles. The fourth-order valence-electron chi connectivity index (χ4n) is 3.32. The number of carbonyl (C=O) groups excluding carboxylic acids is 1. The smallest absolute Gasteiger partial charge is 0.317 e. The Balaban J connectivity index is 1.86. The Labute approximate surface area is 148 Å². The van der Waals surface area contributed by atoms with Gasteiger partial charge in [0.25, 0.3) is 0 Å². The van der Waals surface area contributed by atoms with Crippen molar-refractivity contribution in [1.29, 1.82) is 0 Å². The minimum absolute atomic E-state index is 0.0326. The van der Waals surface area contributed by atoms with Crippen molar-refractivity contribution in [1.82, 2.24) is 4.90 Å². The highest BCUT2D eigenvalue weighted by atomic mass is 35.5. The van der Waals surface area contributed by atoms with Gasteiger partial charge >= 0.3 is 6.03 Å². The number of urea groups is 1. The number of anilines is 1.